The van der Waals surface area contributed by atoms with Crippen molar-refractivity contribution in [3.05, 3.63) is 57.0 Å². The smallest absolute Gasteiger partial charge is 0.139 e. The van der Waals surface area contributed by atoms with E-state index in [1.165, 1.54) is 0 Å². The number of nitrogen functional groups attached to an aromatic ring is 1. The Hall–Kier alpha value is -1.52. The van der Waals surface area contributed by atoms with Crippen molar-refractivity contribution in [1.82, 2.24) is 0 Å². The minimum absolute atomic E-state index is 0.0542. The summed E-state index contributed by atoms with van der Waals surface area (Å²) in [6.45, 7) is 1.94. The van der Waals surface area contributed by atoms with Crippen molar-refractivity contribution in [3.8, 4) is 11.5 Å². The quantitative estimate of drug-likeness (QED) is 0.639. The summed E-state index contributed by atoms with van der Waals surface area (Å²) in [5, 5.41) is 8.08. The van der Waals surface area contributed by atoms with Gasteiger partial charge in [-0.05, 0) is 42.8 Å². The number of nitrogens with two attached hydrogens (primary N) is 1. The van der Waals surface area contributed by atoms with E-state index in [-0.39, 0.29) is 5.84 Å². The van der Waals surface area contributed by atoms with E-state index in [0.29, 0.717) is 22.1 Å². The Kier molecular flexibility index (Phi) is 4.12. The third-order valence-corrected chi connectivity index (χ3v) is 3.32. The molecule has 19 heavy (non-hydrogen) atoms. The lowest BCUT2D eigenvalue weighted by atomic mass is 10.1. The Balaban J connectivity index is 2.42. The highest BCUT2D eigenvalue weighted by atomic mass is 79.9. The van der Waals surface area contributed by atoms with E-state index >= 15 is 0 Å². The molecule has 5 heteroatoms. The van der Waals surface area contributed by atoms with Gasteiger partial charge in [0.25, 0.3) is 0 Å². The van der Waals surface area contributed by atoms with Crippen molar-refractivity contribution in [1.29, 1.82) is 5.41 Å². The van der Waals surface area contributed by atoms with E-state index in [4.69, 9.17) is 27.5 Å². The molecule has 0 saturated heterocycles. The van der Waals surface area contributed by atoms with Gasteiger partial charge in [0, 0.05) is 15.6 Å². The molecule has 0 bridgehead atoms. The number of rotatable bonds is 3. The predicted octanol–water partition coefficient (Wildman–Crippen LogP) is 4.49. The number of hydrogen-bond acceptors (Lipinski definition) is 2. The molecule has 3 N–H and O–H groups in total. The molecule has 0 aliphatic carbocycles. The van der Waals surface area contributed by atoms with Crippen molar-refractivity contribution in [2.45, 2.75) is 6.92 Å². The highest BCUT2D eigenvalue weighted by Gasteiger charge is 2.10. The van der Waals surface area contributed by atoms with Crippen LogP contribution in [0.25, 0.3) is 0 Å². The normalized spacial score (nSPS) is 10.3. The SMILES string of the molecule is Cc1cc(Br)ccc1Oc1cc(Cl)ccc1C(=N)N. The average molecular weight is 340 g/mol. The number of nitrogens with one attached hydrogen (secondary N) is 1. The third kappa shape index (κ3) is 3.28. The summed E-state index contributed by atoms with van der Waals surface area (Å²) in [5.74, 6) is 1.12. The van der Waals surface area contributed by atoms with Crippen molar-refractivity contribution >= 4 is 33.4 Å². The van der Waals surface area contributed by atoms with E-state index in [2.05, 4.69) is 15.9 Å². The molecule has 0 atom stereocenters. The maximum atomic E-state index is 7.55. The molecule has 2 rings (SSSR count). The van der Waals surface area contributed by atoms with Crippen LogP contribution in [0.2, 0.25) is 5.02 Å². The first-order chi connectivity index (χ1) is 8.97. The Morgan fingerprint density at radius 1 is 1.21 bits per heavy atom. The summed E-state index contributed by atoms with van der Waals surface area (Å²) in [6.07, 6.45) is 0. The highest BCUT2D eigenvalue weighted by Crippen LogP contribution is 2.31. The van der Waals surface area contributed by atoms with Crippen LogP contribution >= 0.6 is 27.5 Å². The molecule has 98 valence electrons. The number of benzene rings is 2. The van der Waals surface area contributed by atoms with E-state index in [9.17, 15) is 0 Å². The molecule has 0 amide bonds. The second kappa shape index (κ2) is 5.63. The molecule has 0 aromatic heterocycles. The van der Waals surface area contributed by atoms with Crippen LogP contribution in [-0.2, 0) is 0 Å². The van der Waals surface area contributed by atoms with Gasteiger partial charge >= 0.3 is 0 Å². The molecule has 0 radical (unpaired) electrons. The van der Waals surface area contributed by atoms with Crippen LogP contribution in [0.1, 0.15) is 11.1 Å². The molecule has 3 nitrogen and oxygen atoms in total. The standard InChI is InChI=1S/C14H12BrClN2O/c1-8-6-9(15)2-5-12(8)19-13-7-10(16)3-4-11(13)14(17)18/h2-7H,1H3,(H3,17,18). The van der Waals surface area contributed by atoms with Gasteiger partial charge in [-0.15, -0.1) is 0 Å². The molecule has 0 saturated carbocycles. The van der Waals surface area contributed by atoms with Gasteiger partial charge < -0.3 is 10.5 Å². The van der Waals surface area contributed by atoms with Gasteiger partial charge in [0.1, 0.15) is 17.3 Å². The van der Waals surface area contributed by atoms with Gasteiger partial charge in [-0.2, -0.15) is 0 Å². The van der Waals surface area contributed by atoms with Crippen LogP contribution in [0.5, 0.6) is 11.5 Å². The van der Waals surface area contributed by atoms with Crippen LogP contribution in [0.15, 0.2) is 40.9 Å². The molecule has 0 aliphatic heterocycles. The fourth-order valence-electron chi connectivity index (χ4n) is 1.65. The summed E-state index contributed by atoms with van der Waals surface area (Å²) in [4.78, 5) is 0. The van der Waals surface area contributed by atoms with Crippen molar-refractivity contribution < 1.29 is 4.74 Å². The topological polar surface area (TPSA) is 59.1 Å². The van der Waals surface area contributed by atoms with Gasteiger partial charge in [-0.1, -0.05) is 27.5 Å². The monoisotopic (exact) mass is 338 g/mol. The fourth-order valence-corrected chi connectivity index (χ4v) is 2.29. The van der Waals surface area contributed by atoms with Crippen molar-refractivity contribution in [2.24, 2.45) is 5.73 Å². The molecule has 2 aromatic rings. The first kappa shape index (κ1) is 13.9. The summed E-state index contributed by atoms with van der Waals surface area (Å²) in [6, 6.07) is 10.7. The van der Waals surface area contributed by atoms with Crippen LogP contribution < -0.4 is 10.5 Å². The summed E-state index contributed by atoms with van der Waals surface area (Å²) in [7, 11) is 0. The largest absolute Gasteiger partial charge is 0.456 e. The molecule has 0 fully saturated rings. The lowest BCUT2D eigenvalue weighted by Crippen LogP contribution is -2.12. The van der Waals surface area contributed by atoms with E-state index in [1.54, 1.807) is 18.2 Å². The lowest BCUT2D eigenvalue weighted by molar-refractivity contribution is 0.477. The summed E-state index contributed by atoms with van der Waals surface area (Å²) in [5.41, 5.74) is 7.03. The van der Waals surface area contributed by atoms with E-state index < -0.39 is 0 Å². The van der Waals surface area contributed by atoms with E-state index in [0.717, 1.165) is 10.0 Å². The number of aryl methyl sites for hydroxylation is 1. The molecule has 0 spiro atoms. The molecular weight excluding hydrogens is 328 g/mol. The Labute approximate surface area is 125 Å². The number of amidine groups is 1. The van der Waals surface area contributed by atoms with Crippen molar-refractivity contribution in [3.63, 3.8) is 0 Å². The molecule has 0 unspecified atom stereocenters. The summed E-state index contributed by atoms with van der Waals surface area (Å²) < 4.78 is 6.79. The van der Waals surface area contributed by atoms with Gasteiger partial charge in [-0.3, -0.25) is 5.41 Å². The maximum absolute atomic E-state index is 7.55. The zero-order chi connectivity index (χ0) is 14.0. The highest BCUT2D eigenvalue weighted by molar-refractivity contribution is 9.10. The minimum Gasteiger partial charge on any atom is -0.456 e. The number of hydrogen-bond donors (Lipinski definition) is 2. The molecule has 2 aromatic carbocycles. The second-order valence-corrected chi connectivity index (χ2v) is 5.42. The maximum Gasteiger partial charge on any atom is 0.139 e. The molecule has 0 aliphatic rings. The summed E-state index contributed by atoms with van der Waals surface area (Å²) >= 11 is 9.35. The van der Waals surface area contributed by atoms with Crippen LogP contribution in [0.4, 0.5) is 0 Å². The lowest BCUT2D eigenvalue weighted by Gasteiger charge is -2.12. The fraction of sp³-hybridized carbons (Fsp3) is 0.0714. The Bertz CT molecular complexity index is 643. The van der Waals surface area contributed by atoms with Crippen LogP contribution in [0.3, 0.4) is 0 Å². The molecule has 0 heterocycles. The van der Waals surface area contributed by atoms with Crippen LogP contribution in [-0.4, -0.2) is 5.84 Å². The Morgan fingerprint density at radius 3 is 2.58 bits per heavy atom. The zero-order valence-corrected chi connectivity index (χ0v) is 12.5. The zero-order valence-electron chi connectivity index (χ0n) is 10.2. The number of halogens is 2. The minimum atomic E-state index is -0.0542. The molecular formula is C14H12BrClN2O. The van der Waals surface area contributed by atoms with Crippen LogP contribution in [0, 0.1) is 12.3 Å². The third-order valence-electron chi connectivity index (χ3n) is 2.59. The second-order valence-electron chi connectivity index (χ2n) is 4.07. The van der Waals surface area contributed by atoms with Crippen molar-refractivity contribution in [2.75, 3.05) is 0 Å². The number of ether oxygens (including phenoxy) is 1. The van der Waals surface area contributed by atoms with Gasteiger partial charge in [-0.25, -0.2) is 0 Å². The first-order valence-electron chi connectivity index (χ1n) is 5.55. The van der Waals surface area contributed by atoms with E-state index in [1.807, 2.05) is 25.1 Å². The van der Waals surface area contributed by atoms with Gasteiger partial charge in [0.2, 0.25) is 0 Å². The average Bonchev–Trinajstić information content (AvgIpc) is 2.32. The van der Waals surface area contributed by atoms with Gasteiger partial charge in [0.15, 0.2) is 0 Å². The first-order valence-corrected chi connectivity index (χ1v) is 6.72. The Morgan fingerprint density at radius 2 is 1.95 bits per heavy atom. The van der Waals surface area contributed by atoms with Gasteiger partial charge in [0.05, 0.1) is 5.56 Å². The predicted molar refractivity (Wildman–Crippen MR) is 81.4 cm³/mol.